The second-order valence-electron chi connectivity index (χ2n) is 5.56. The lowest BCUT2D eigenvalue weighted by molar-refractivity contribution is -0.384. The number of aromatic hydroxyl groups is 1. The molecule has 0 aliphatic carbocycles. The molecular weight excluding hydrogens is 350 g/mol. The zero-order chi connectivity index (χ0) is 19.4. The minimum absolute atomic E-state index is 0.0573. The summed E-state index contributed by atoms with van der Waals surface area (Å²) in [5, 5.41) is 20.7. The van der Waals surface area contributed by atoms with Crippen molar-refractivity contribution in [2.24, 2.45) is 0 Å². The molecule has 3 aromatic rings. The third kappa shape index (κ3) is 3.87. The standard InChI is InChI=1S/C20H15NO6/c1-26-20-12-13(6-9-18(20)23)17(22)10-7-14-8-11-19(27-14)15-4-2-3-5-16(15)21(24)25/h2-12,23H,1H3/b10-7+. The van der Waals surface area contributed by atoms with E-state index in [9.17, 15) is 20.0 Å². The molecule has 0 fully saturated rings. The van der Waals surface area contributed by atoms with E-state index >= 15 is 0 Å². The lowest BCUT2D eigenvalue weighted by atomic mass is 10.1. The van der Waals surface area contributed by atoms with Gasteiger partial charge >= 0.3 is 0 Å². The summed E-state index contributed by atoms with van der Waals surface area (Å²) in [5.41, 5.74) is 0.637. The van der Waals surface area contributed by atoms with Crippen LogP contribution in [0.15, 0.2) is 65.1 Å². The molecule has 1 N–H and O–H groups in total. The van der Waals surface area contributed by atoms with Crippen molar-refractivity contribution in [3.05, 3.63) is 82.1 Å². The summed E-state index contributed by atoms with van der Waals surface area (Å²) in [6.45, 7) is 0. The van der Waals surface area contributed by atoms with Crippen molar-refractivity contribution in [3.8, 4) is 22.8 Å². The third-order valence-corrected chi connectivity index (χ3v) is 3.86. The number of benzene rings is 2. The molecule has 3 rings (SSSR count). The number of para-hydroxylation sites is 1. The molecule has 1 heterocycles. The van der Waals surface area contributed by atoms with Gasteiger partial charge in [0.2, 0.25) is 0 Å². The number of carbonyl (C=O) groups excluding carboxylic acids is 1. The van der Waals surface area contributed by atoms with Crippen LogP contribution >= 0.6 is 0 Å². The Bertz CT molecular complexity index is 1030. The van der Waals surface area contributed by atoms with Crippen molar-refractivity contribution in [1.82, 2.24) is 0 Å². The van der Waals surface area contributed by atoms with E-state index in [1.54, 1.807) is 30.3 Å². The molecule has 0 saturated carbocycles. The number of nitrogens with zero attached hydrogens (tertiary/aromatic N) is 1. The fraction of sp³-hybridized carbons (Fsp3) is 0.0500. The van der Waals surface area contributed by atoms with Crippen LogP contribution < -0.4 is 4.74 Å². The van der Waals surface area contributed by atoms with E-state index in [1.165, 1.54) is 43.5 Å². The van der Waals surface area contributed by atoms with Gasteiger partial charge in [0.25, 0.3) is 5.69 Å². The van der Waals surface area contributed by atoms with Gasteiger partial charge < -0.3 is 14.3 Å². The molecule has 0 amide bonds. The van der Waals surface area contributed by atoms with E-state index in [1.807, 2.05) is 0 Å². The van der Waals surface area contributed by atoms with E-state index in [0.29, 0.717) is 22.6 Å². The monoisotopic (exact) mass is 365 g/mol. The first-order valence-electron chi connectivity index (χ1n) is 7.92. The number of allylic oxidation sites excluding steroid dienone is 1. The number of hydrogen-bond acceptors (Lipinski definition) is 6. The number of carbonyl (C=O) groups is 1. The minimum atomic E-state index is -0.477. The predicted octanol–water partition coefficient (Wildman–Crippen LogP) is 4.47. The van der Waals surface area contributed by atoms with Gasteiger partial charge in [0.1, 0.15) is 11.5 Å². The fourth-order valence-corrected chi connectivity index (χ4v) is 2.51. The number of hydrogen-bond donors (Lipinski definition) is 1. The topological polar surface area (TPSA) is 103 Å². The maximum atomic E-state index is 12.3. The molecule has 2 aromatic carbocycles. The van der Waals surface area contributed by atoms with Gasteiger partial charge in [0.05, 0.1) is 17.6 Å². The number of nitro groups is 1. The summed E-state index contributed by atoms with van der Waals surface area (Å²) < 4.78 is 10.6. The van der Waals surface area contributed by atoms with Gasteiger partial charge in [-0.1, -0.05) is 12.1 Å². The first-order valence-corrected chi connectivity index (χ1v) is 7.92. The Morgan fingerprint density at radius 3 is 2.70 bits per heavy atom. The fourth-order valence-electron chi connectivity index (χ4n) is 2.51. The van der Waals surface area contributed by atoms with Gasteiger partial charge in [0.15, 0.2) is 17.3 Å². The van der Waals surface area contributed by atoms with Crippen LogP contribution in [0.3, 0.4) is 0 Å². The van der Waals surface area contributed by atoms with Crippen LogP contribution in [0.1, 0.15) is 16.1 Å². The van der Waals surface area contributed by atoms with Crippen LogP contribution in [0, 0.1) is 10.1 Å². The van der Waals surface area contributed by atoms with E-state index in [2.05, 4.69) is 0 Å². The van der Waals surface area contributed by atoms with Crippen LogP contribution in [0.4, 0.5) is 5.69 Å². The summed E-state index contributed by atoms with van der Waals surface area (Å²) in [5.74, 6) is 0.545. The zero-order valence-corrected chi connectivity index (χ0v) is 14.3. The lowest BCUT2D eigenvalue weighted by Gasteiger charge is -2.04. The normalized spacial score (nSPS) is 10.9. The van der Waals surface area contributed by atoms with Crippen molar-refractivity contribution >= 4 is 17.5 Å². The number of phenols is 1. The summed E-state index contributed by atoms with van der Waals surface area (Å²) in [4.78, 5) is 22.9. The summed E-state index contributed by atoms with van der Waals surface area (Å²) in [6, 6.07) is 13.8. The van der Waals surface area contributed by atoms with Crippen LogP contribution in [-0.2, 0) is 0 Å². The molecule has 0 saturated heterocycles. The molecule has 0 unspecified atom stereocenters. The Morgan fingerprint density at radius 2 is 1.96 bits per heavy atom. The van der Waals surface area contributed by atoms with E-state index < -0.39 is 4.92 Å². The first kappa shape index (κ1) is 17.9. The highest BCUT2D eigenvalue weighted by Gasteiger charge is 2.16. The van der Waals surface area contributed by atoms with Crippen LogP contribution in [-0.4, -0.2) is 22.9 Å². The average Bonchev–Trinajstić information content (AvgIpc) is 3.15. The Labute approximate surface area is 154 Å². The summed E-state index contributed by atoms with van der Waals surface area (Å²) in [6.07, 6.45) is 2.79. The molecule has 0 spiro atoms. The van der Waals surface area contributed by atoms with Crippen molar-refractivity contribution in [2.45, 2.75) is 0 Å². The first-order chi connectivity index (χ1) is 13.0. The zero-order valence-electron chi connectivity index (χ0n) is 14.3. The van der Waals surface area contributed by atoms with E-state index in [4.69, 9.17) is 9.15 Å². The Morgan fingerprint density at radius 1 is 1.19 bits per heavy atom. The summed E-state index contributed by atoms with van der Waals surface area (Å²) >= 11 is 0. The van der Waals surface area contributed by atoms with Crippen LogP contribution in [0.5, 0.6) is 11.5 Å². The van der Waals surface area contributed by atoms with Crippen molar-refractivity contribution in [3.63, 3.8) is 0 Å². The number of rotatable bonds is 6. The molecule has 0 aliphatic heterocycles. The smallest absolute Gasteiger partial charge is 0.280 e. The molecule has 0 radical (unpaired) electrons. The van der Waals surface area contributed by atoms with Gasteiger partial charge in [-0.2, -0.15) is 0 Å². The molecule has 0 atom stereocenters. The number of methoxy groups -OCH3 is 1. The number of phenolic OH excluding ortho intramolecular Hbond substituents is 1. The predicted molar refractivity (Wildman–Crippen MR) is 98.8 cm³/mol. The van der Waals surface area contributed by atoms with Gasteiger partial charge in [-0.15, -0.1) is 0 Å². The molecule has 0 bridgehead atoms. The second kappa shape index (κ2) is 7.57. The summed E-state index contributed by atoms with van der Waals surface area (Å²) in [7, 11) is 1.40. The lowest BCUT2D eigenvalue weighted by Crippen LogP contribution is -1.95. The number of ether oxygens (including phenoxy) is 1. The average molecular weight is 365 g/mol. The van der Waals surface area contributed by atoms with Crippen molar-refractivity contribution in [1.29, 1.82) is 0 Å². The van der Waals surface area contributed by atoms with Gasteiger partial charge in [-0.25, -0.2) is 0 Å². The van der Waals surface area contributed by atoms with Gasteiger partial charge in [-0.3, -0.25) is 14.9 Å². The van der Waals surface area contributed by atoms with E-state index in [0.717, 1.165) is 0 Å². The number of ketones is 1. The molecule has 7 nitrogen and oxygen atoms in total. The highest BCUT2D eigenvalue weighted by molar-refractivity contribution is 6.07. The molecule has 0 aliphatic rings. The largest absolute Gasteiger partial charge is 0.504 e. The highest BCUT2D eigenvalue weighted by Crippen LogP contribution is 2.31. The van der Waals surface area contributed by atoms with Crippen molar-refractivity contribution in [2.75, 3.05) is 7.11 Å². The number of furan rings is 1. The maximum absolute atomic E-state index is 12.3. The Kier molecular flexibility index (Phi) is 5.03. The van der Waals surface area contributed by atoms with Crippen LogP contribution in [0.25, 0.3) is 17.4 Å². The minimum Gasteiger partial charge on any atom is -0.504 e. The Hall–Kier alpha value is -3.87. The quantitative estimate of drug-likeness (QED) is 0.299. The molecule has 7 heteroatoms. The van der Waals surface area contributed by atoms with Crippen molar-refractivity contribution < 1.29 is 24.0 Å². The van der Waals surface area contributed by atoms with Gasteiger partial charge in [0, 0.05) is 11.6 Å². The third-order valence-electron chi connectivity index (χ3n) is 3.86. The van der Waals surface area contributed by atoms with Crippen LogP contribution in [0.2, 0.25) is 0 Å². The molecule has 136 valence electrons. The SMILES string of the molecule is COc1cc(C(=O)/C=C/c2ccc(-c3ccccc3[N+](=O)[O-])o2)ccc1O. The van der Waals surface area contributed by atoms with E-state index in [-0.39, 0.29) is 23.0 Å². The maximum Gasteiger partial charge on any atom is 0.280 e. The molecule has 27 heavy (non-hydrogen) atoms. The molecule has 1 aromatic heterocycles. The Balaban J connectivity index is 1.82. The number of nitro benzene ring substituents is 1. The molecular formula is C20H15NO6. The highest BCUT2D eigenvalue weighted by atomic mass is 16.6. The van der Waals surface area contributed by atoms with Gasteiger partial charge in [-0.05, 0) is 48.6 Å². The second-order valence-corrected chi connectivity index (χ2v) is 5.56.